The van der Waals surface area contributed by atoms with Gasteiger partial charge < -0.3 is 32.1 Å². The number of anilines is 4. The third-order valence-corrected chi connectivity index (χ3v) is 13.1. The summed E-state index contributed by atoms with van der Waals surface area (Å²) in [6.45, 7) is 7.89. The Hall–Kier alpha value is -8.22. The summed E-state index contributed by atoms with van der Waals surface area (Å²) in [5.74, 6) is 1.47. The number of fused-ring (bicyclic) bond motifs is 2. The molecule has 80 heavy (non-hydrogen) atoms. The molecule has 0 aliphatic heterocycles. The maximum Gasteiger partial charge on any atom is 0.488 e. The van der Waals surface area contributed by atoms with E-state index >= 15 is 0 Å². The average Bonchev–Trinajstić information content (AvgIpc) is 3.59. The molecule has 0 radical (unpaired) electrons. The van der Waals surface area contributed by atoms with Gasteiger partial charge >= 0.3 is 30.3 Å². The van der Waals surface area contributed by atoms with Crippen LogP contribution in [-0.2, 0) is 23.1 Å². The van der Waals surface area contributed by atoms with Crippen molar-refractivity contribution in [2.45, 2.75) is 39.8 Å². The molecule has 4 aromatic heterocycles. The molecule has 18 nitrogen and oxygen atoms in total. The van der Waals surface area contributed by atoms with Gasteiger partial charge in [-0.1, -0.05) is 144 Å². The van der Waals surface area contributed by atoms with Crippen molar-refractivity contribution >= 4 is 120 Å². The molecule has 0 spiro atoms. The third kappa shape index (κ3) is 15.5. The van der Waals surface area contributed by atoms with Crippen molar-refractivity contribution in [1.82, 2.24) is 29.1 Å². The van der Waals surface area contributed by atoms with E-state index in [1.54, 1.807) is 51.9 Å². The van der Waals surface area contributed by atoms with Gasteiger partial charge in [-0.15, -0.1) is 0 Å². The zero-order valence-electron chi connectivity index (χ0n) is 43.0. The van der Waals surface area contributed by atoms with Crippen molar-refractivity contribution < 1.29 is 26.9 Å². The Morgan fingerprint density at radius 3 is 1.45 bits per heavy atom. The minimum atomic E-state index is -1.35. The average molecular weight is 1220 g/mol. The number of nitrogens with zero attached hydrogens (tertiary/aromatic N) is 6. The van der Waals surface area contributed by atoms with Crippen LogP contribution in [0.15, 0.2) is 184 Å². The predicted octanol–water partition coefficient (Wildman–Crippen LogP) is 9.45. The first kappa shape index (κ1) is 61.0. The van der Waals surface area contributed by atoms with E-state index in [4.69, 9.17) is 61.6 Å². The van der Waals surface area contributed by atoms with E-state index in [0.29, 0.717) is 42.4 Å². The summed E-state index contributed by atoms with van der Waals surface area (Å²) in [4.78, 5) is 44.1. The number of aromatic nitrogens is 6. The Morgan fingerprint density at radius 2 is 1.00 bits per heavy atom. The topological polar surface area (TPSA) is 280 Å². The van der Waals surface area contributed by atoms with Crippen molar-refractivity contribution in [1.29, 1.82) is 0 Å². The molecule has 0 saturated heterocycles. The van der Waals surface area contributed by atoms with Crippen LogP contribution in [0.3, 0.4) is 0 Å². The maximum atomic E-state index is 13.7. The number of rotatable bonds is 10. The fourth-order valence-corrected chi connectivity index (χ4v) is 9.23. The van der Waals surface area contributed by atoms with E-state index in [2.05, 4.69) is 52.6 Å². The predicted molar refractivity (Wildman–Crippen MR) is 323 cm³/mol. The number of para-hydroxylation sites is 2. The zero-order valence-corrected chi connectivity index (χ0v) is 47.8. The Balaban J connectivity index is 0.000000205. The van der Waals surface area contributed by atoms with Crippen molar-refractivity contribution in [2.75, 3.05) is 22.1 Å². The molecule has 0 unspecified atom stereocenters. The quantitative estimate of drug-likeness (QED) is 0.0695. The van der Waals surface area contributed by atoms with Crippen LogP contribution in [0.2, 0.25) is 10.0 Å². The smallest absolute Gasteiger partial charge is 0.423 e. The van der Waals surface area contributed by atoms with Crippen molar-refractivity contribution in [3.8, 4) is 22.5 Å². The van der Waals surface area contributed by atoms with E-state index < -0.39 is 30.3 Å². The van der Waals surface area contributed by atoms with Crippen LogP contribution >= 0.6 is 39.1 Å². The SMILES string of the molecule is C[C@H](Nc1nc(N)ncc1Br)c1cc2cccc(Cl)c2c(=O)n1-c1ccccc1.Cc1cccc(-c2cnc(N)nc2N[C@@H](C)c2cc3cccc(Cl)c3c(=O)n2-c2ccccc2)c1.Cc1cccc(B(O)O)c1.O=S=O.O=S=O. The monoisotopic (exact) mass is 1210 g/mol. The summed E-state index contributed by atoms with van der Waals surface area (Å²) < 4.78 is 37.2. The van der Waals surface area contributed by atoms with Gasteiger partial charge in [-0.05, 0) is 114 Å². The van der Waals surface area contributed by atoms with Crippen LogP contribution in [0.1, 0.15) is 48.4 Å². The number of nitrogen functional groups attached to an aromatic ring is 2. The van der Waals surface area contributed by atoms with Gasteiger partial charge in [-0.2, -0.15) is 26.8 Å². The first-order chi connectivity index (χ1) is 38.4. The summed E-state index contributed by atoms with van der Waals surface area (Å²) in [6, 6.07) is 48.5. The molecule has 10 rings (SSSR count). The fraction of sp³-hybridized carbons (Fsp3) is 0.107. The maximum absolute atomic E-state index is 13.7. The van der Waals surface area contributed by atoms with Gasteiger partial charge in [-0.25, -0.2) is 9.97 Å². The van der Waals surface area contributed by atoms with Gasteiger partial charge in [0, 0.05) is 40.7 Å². The van der Waals surface area contributed by atoms with E-state index in [0.717, 1.165) is 55.8 Å². The molecule has 6 aromatic carbocycles. The van der Waals surface area contributed by atoms with Gasteiger partial charge in [0.2, 0.25) is 11.9 Å². The molecule has 10 aromatic rings. The minimum absolute atomic E-state index is 0.161. The highest BCUT2D eigenvalue weighted by Gasteiger charge is 2.22. The molecular formula is C56H50BBrCl2N10O8S2. The minimum Gasteiger partial charge on any atom is -0.423 e. The van der Waals surface area contributed by atoms with Gasteiger partial charge in [-0.3, -0.25) is 18.7 Å². The zero-order chi connectivity index (χ0) is 58.0. The summed E-state index contributed by atoms with van der Waals surface area (Å²) in [5, 5.41) is 27.6. The molecule has 0 fully saturated rings. The molecule has 24 heteroatoms. The number of nitrogens with one attached hydrogen (secondary N) is 2. The molecular weight excluding hydrogens is 1170 g/mol. The molecule has 8 N–H and O–H groups in total. The van der Waals surface area contributed by atoms with Crippen LogP contribution < -0.4 is 38.7 Å². The lowest BCUT2D eigenvalue weighted by Gasteiger charge is -2.23. The number of pyridine rings is 2. The lowest BCUT2D eigenvalue weighted by molar-refractivity contribution is 0.425. The van der Waals surface area contributed by atoms with E-state index in [9.17, 15) is 9.59 Å². The molecule has 0 aliphatic carbocycles. The first-order valence-electron chi connectivity index (χ1n) is 24.0. The lowest BCUT2D eigenvalue weighted by atomic mass is 9.80. The normalized spacial score (nSPS) is 11.1. The van der Waals surface area contributed by atoms with E-state index in [-0.39, 0.29) is 35.1 Å². The molecule has 0 amide bonds. The first-order valence-corrected chi connectivity index (χ1v) is 26.8. The number of hydrogen-bond acceptors (Lipinski definition) is 16. The van der Waals surface area contributed by atoms with Gasteiger partial charge in [0.05, 0.1) is 37.4 Å². The Morgan fingerprint density at radius 1 is 0.575 bits per heavy atom. The van der Waals surface area contributed by atoms with Gasteiger partial charge in [0.25, 0.3) is 11.1 Å². The number of benzene rings is 6. The van der Waals surface area contributed by atoms with Crippen LogP contribution in [0.4, 0.5) is 23.5 Å². The largest absolute Gasteiger partial charge is 0.488 e. The number of nitrogens with two attached hydrogens (primary N) is 2. The van der Waals surface area contributed by atoms with E-state index in [1.807, 2.05) is 149 Å². The Kier molecular flexibility index (Phi) is 22.2. The standard InChI is InChI=1S/C28H24ClN5O.C21H17BrClN5O.C7H9BO2.2O2S/c1-17-8-6-9-19(14-17)22-16-31-28(30)33-26(22)32-18(2)24-15-20-10-7-13-23(29)25(20)27(35)34(24)21-11-4-3-5-12-21;1-12(26-19-15(22)11-25-21(24)27-19)17-10-13-6-5-9-16(23)18(13)20(29)28(17)14-7-3-2-4-8-14;1-6-3-2-4-7(5-6)8(9)10;2*1-3-2/h3-16,18H,1-2H3,(H3,30,31,32,33);2-12H,1H3,(H3,24,25,26,27);2-5,9-10H,1H3;;/t18-;12-;;;/m00.../s1. The lowest BCUT2D eigenvalue weighted by Crippen LogP contribution is -2.29. The van der Waals surface area contributed by atoms with E-state index in [1.165, 1.54) is 0 Å². The summed E-state index contributed by atoms with van der Waals surface area (Å²) in [7, 11) is -1.35. The second-order valence-corrected chi connectivity index (χ2v) is 19.4. The van der Waals surface area contributed by atoms with Gasteiger partial charge in [0.1, 0.15) is 11.6 Å². The fourth-order valence-electron chi connectivity index (χ4n) is 8.40. The third-order valence-electron chi connectivity index (χ3n) is 11.9. The molecule has 0 aliphatic rings. The highest BCUT2D eigenvalue weighted by Crippen LogP contribution is 2.33. The highest BCUT2D eigenvalue weighted by atomic mass is 79.9. The Bertz CT molecular complexity index is 3980. The molecule has 0 bridgehead atoms. The van der Waals surface area contributed by atoms with Crippen LogP contribution in [0, 0.1) is 13.8 Å². The van der Waals surface area contributed by atoms with Gasteiger partial charge in [0.15, 0.2) is 0 Å². The second kappa shape index (κ2) is 29.1. The Labute approximate surface area is 485 Å². The van der Waals surface area contributed by atoms with Crippen molar-refractivity contribution in [2.24, 2.45) is 0 Å². The highest BCUT2D eigenvalue weighted by molar-refractivity contribution is 9.10. The number of halogens is 3. The van der Waals surface area contributed by atoms with Crippen molar-refractivity contribution in [3.05, 3.63) is 228 Å². The van der Waals surface area contributed by atoms with Crippen LogP contribution in [0.25, 0.3) is 44.0 Å². The molecule has 0 saturated carbocycles. The van der Waals surface area contributed by atoms with Crippen LogP contribution in [-0.4, -0.2) is 63.1 Å². The number of aryl methyl sites for hydroxylation is 2. The molecule has 2 atom stereocenters. The second-order valence-electron chi connectivity index (χ2n) is 17.4. The van der Waals surface area contributed by atoms with Crippen LogP contribution in [0.5, 0.6) is 0 Å². The molecule has 408 valence electrons. The van der Waals surface area contributed by atoms with Crippen molar-refractivity contribution in [3.63, 3.8) is 0 Å². The number of hydrogen-bond donors (Lipinski definition) is 6. The molecule has 4 heterocycles. The summed E-state index contributed by atoms with van der Waals surface area (Å²) in [5.41, 5.74) is 18.9. The summed E-state index contributed by atoms with van der Waals surface area (Å²) in [6.07, 6.45) is 3.30. The summed E-state index contributed by atoms with van der Waals surface area (Å²) >= 11 is 14.7.